The van der Waals surface area contributed by atoms with Crippen LogP contribution in [0.3, 0.4) is 0 Å². The normalized spacial score (nSPS) is 10.8. The Bertz CT molecular complexity index is 2780. The van der Waals surface area contributed by atoms with Gasteiger partial charge in [-0.3, -0.25) is 0 Å². The third-order valence-corrected chi connectivity index (χ3v) is 9.43. The first-order chi connectivity index (χ1) is 27.7. The van der Waals surface area contributed by atoms with Crippen LogP contribution in [0.1, 0.15) is 5.56 Å². The third-order valence-electron chi connectivity index (χ3n) is 9.43. The molecule has 262 valence electrons. The van der Waals surface area contributed by atoms with E-state index in [1.54, 1.807) is 12.1 Å². The summed E-state index contributed by atoms with van der Waals surface area (Å²) in [5.41, 5.74) is 10.0. The maximum absolute atomic E-state index is 9.39. The molecule has 9 aromatic rings. The van der Waals surface area contributed by atoms with Crippen LogP contribution < -0.4 is 0 Å². The largest absolute Gasteiger partial charge is 0.208 e. The van der Waals surface area contributed by atoms with Crippen LogP contribution in [-0.4, -0.2) is 29.9 Å². The summed E-state index contributed by atoms with van der Waals surface area (Å²) < 4.78 is 0. The van der Waals surface area contributed by atoms with E-state index in [9.17, 15) is 5.26 Å². The minimum Gasteiger partial charge on any atom is -0.208 e. The second-order valence-electron chi connectivity index (χ2n) is 13.1. The van der Waals surface area contributed by atoms with Gasteiger partial charge in [0.1, 0.15) is 0 Å². The van der Waals surface area contributed by atoms with Crippen molar-refractivity contribution in [2.24, 2.45) is 0 Å². The van der Waals surface area contributed by atoms with Gasteiger partial charge in [-0.25, -0.2) is 29.9 Å². The predicted molar refractivity (Wildman–Crippen MR) is 221 cm³/mol. The molecule has 0 bridgehead atoms. The lowest BCUT2D eigenvalue weighted by atomic mass is 10.0. The summed E-state index contributed by atoms with van der Waals surface area (Å²) in [7, 11) is 0. The molecule has 0 aliphatic heterocycles. The van der Waals surface area contributed by atoms with E-state index in [-0.39, 0.29) is 0 Å². The van der Waals surface area contributed by atoms with E-state index < -0.39 is 0 Å². The van der Waals surface area contributed by atoms with Gasteiger partial charge in [-0.15, -0.1) is 0 Å². The van der Waals surface area contributed by atoms with E-state index in [1.807, 2.05) is 127 Å². The van der Waals surface area contributed by atoms with Gasteiger partial charge in [-0.05, 0) is 58.7 Å². The van der Waals surface area contributed by atoms with Crippen LogP contribution in [0.4, 0.5) is 0 Å². The molecule has 0 N–H and O–H groups in total. The number of rotatable bonds is 8. The van der Waals surface area contributed by atoms with Crippen molar-refractivity contribution in [1.82, 2.24) is 29.9 Å². The van der Waals surface area contributed by atoms with Crippen molar-refractivity contribution in [3.05, 3.63) is 194 Å². The highest BCUT2D eigenvalue weighted by molar-refractivity contribution is 5.76. The fraction of sp³-hybridized carbons (Fsp3) is 0. The number of hydrogen-bond acceptors (Lipinski definition) is 7. The van der Waals surface area contributed by atoms with Gasteiger partial charge in [-0.2, -0.15) is 5.26 Å². The average molecular weight is 718 g/mol. The summed E-state index contributed by atoms with van der Waals surface area (Å²) in [6.45, 7) is 0. The fourth-order valence-corrected chi connectivity index (χ4v) is 6.51. The standard InChI is InChI=1S/C49H31N7/c50-32-33-22-24-38(25-23-33)46-52-47(56-49(55-46)42-20-10-18-40(30-42)34-12-4-1-5-13-34)39-28-26-35(27-29-39)41-19-11-21-43(31-41)48-53-44(36-14-6-2-7-15-36)51-45(54-48)37-16-8-3-9-17-37/h1-31H. The lowest BCUT2D eigenvalue weighted by molar-refractivity contribution is 1.07. The number of nitrogens with zero attached hydrogens (tertiary/aromatic N) is 7. The second-order valence-corrected chi connectivity index (χ2v) is 13.1. The highest BCUT2D eigenvalue weighted by Gasteiger charge is 2.15. The summed E-state index contributed by atoms with van der Waals surface area (Å²) in [5.74, 6) is 3.47. The summed E-state index contributed by atoms with van der Waals surface area (Å²) in [6, 6.07) is 64.4. The van der Waals surface area contributed by atoms with Crippen molar-refractivity contribution in [1.29, 1.82) is 5.26 Å². The fourth-order valence-electron chi connectivity index (χ4n) is 6.51. The van der Waals surface area contributed by atoms with Crippen LogP contribution in [0.5, 0.6) is 0 Å². The van der Waals surface area contributed by atoms with E-state index in [2.05, 4.69) is 54.6 Å². The molecule has 56 heavy (non-hydrogen) atoms. The Labute approximate surface area is 324 Å². The van der Waals surface area contributed by atoms with Crippen molar-refractivity contribution < 1.29 is 0 Å². The zero-order valence-corrected chi connectivity index (χ0v) is 30.0. The van der Waals surface area contributed by atoms with E-state index >= 15 is 0 Å². The lowest BCUT2D eigenvalue weighted by Gasteiger charge is -2.11. The van der Waals surface area contributed by atoms with Crippen LogP contribution in [-0.2, 0) is 0 Å². The first-order valence-corrected chi connectivity index (χ1v) is 18.2. The van der Waals surface area contributed by atoms with Crippen LogP contribution in [0.2, 0.25) is 0 Å². The van der Waals surface area contributed by atoms with Crippen LogP contribution in [0, 0.1) is 11.3 Å². The average Bonchev–Trinajstić information content (AvgIpc) is 3.30. The van der Waals surface area contributed by atoms with Gasteiger partial charge >= 0.3 is 0 Å². The second kappa shape index (κ2) is 15.2. The Morgan fingerprint density at radius 1 is 0.250 bits per heavy atom. The van der Waals surface area contributed by atoms with Gasteiger partial charge in [0.25, 0.3) is 0 Å². The van der Waals surface area contributed by atoms with Crippen molar-refractivity contribution in [3.63, 3.8) is 0 Å². The molecule has 0 spiro atoms. The predicted octanol–water partition coefficient (Wildman–Crippen LogP) is 11.3. The molecular formula is C49H31N7. The molecule has 0 fully saturated rings. The molecule has 2 aromatic heterocycles. The molecule has 0 unspecified atom stereocenters. The molecule has 7 heteroatoms. The minimum absolute atomic E-state index is 0.526. The van der Waals surface area contributed by atoms with Gasteiger partial charge in [0.15, 0.2) is 34.9 Å². The number of nitriles is 1. The van der Waals surface area contributed by atoms with Crippen LogP contribution >= 0.6 is 0 Å². The molecule has 0 atom stereocenters. The Morgan fingerprint density at radius 2 is 0.518 bits per heavy atom. The van der Waals surface area contributed by atoms with Gasteiger partial charge in [-0.1, -0.05) is 152 Å². The molecule has 0 aliphatic rings. The van der Waals surface area contributed by atoms with Gasteiger partial charge in [0.05, 0.1) is 11.6 Å². The molecule has 0 aliphatic carbocycles. The van der Waals surface area contributed by atoms with Crippen molar-refractivity contribution in [2.75, 3.05) is 0 Å². The summed E-state index contributed by atoms with van der Waals surface area (Å²) in [6.07, 6.45) is 0. The smallest absolute Gasteiger partial charge is 0.164 e. The molecule has 9 rings (SSSR count). The van der Waals surface area contributed by atoms with E-state index in [0.717, 1.165) is 55.6 Å². The number of hydrogen-bond donors (Lipinski definition) is 0. The zero-order valence-electron chi connectivity index (χ0n) is 30.0. The van der Waals surface area contributed by atoms with Crippen LogP contribution in [0.15, 0.2) is 188 Å². The lowest BCUT2D eigenvalue weighted by Crippen LogP contribution is -2.00. The maximum Gasteiger partial charge on any atom is 0.164 e. The first-order valence-electron chi connectivity index (χ1n) is 18.2. The van der Waals surface area contributed by atoms with Crippen molar-refractivity contribution >= 4 is 0 Å². The third kappa shape index (κ3) is 7.19. The summed E-state index contributed by atoms with van der Waals surface area (Å²) in [5, 5.41) is 9.39. The van der Waals surface area contributed by atoms with Crippen LogP contribution in [0.25, 0.3) is 90.6 Å². The molecule has 0 saturated heterocycles. The molecule has 7 aromatic carbocycles. The molecule has 0 radical (unpaired) electrons. The summed E-state index contributed by atoms with van der Waals surface area (Å²) in [4.78, 5) is 29.5. The van der Waals surface area contributed by atoms with Crippen molar-refractivity contribution in [3.8, 4) is 96.7 Å². The van der Waals surface area contributed by atoms with Gasteiger partial charge < -0.3 is 0 Å². The Hall–Kier alpha value is -7.95. The highest BCUT2D eigenvalue weighted by Crippen LogP contribution is 2.31. The van der Waals surface area contributed by atoms with E-state index in [1.165, 1.54) is 0 Å². The molecule has 0 amide bonds. The quantitative estimate of drug-likeness (QED) is 0.154. The Kier molecular flexibility index (Phi) is 9.18. The topological polar surface area (TPSA) is 101 Å². The number of benzene rings is 7. The summed E-state index contributed by atoms with van der Waals surface area (Å²) >= 11 is 0. The van der Waals surface area contributed by atoms with Gasteiger partial charge in [0, 0.05) is 33.4 Å². The monoisotopic (exact) mass is 717 g/mol. The SMILES string of the molecule is N#Cc1ccc(-c2nc(-c3ccc(-c4cccc(-c5nc(-c6ccccc6)nc(-c6ccccc6)n5)c4)cc3)nc(-c3cccc(-c4ccccc4)c3)n2)cc1. The molecule has 2 heterocycles. The Balaban J connectivity index is 1.08. The highest BCUT2D eigenvalue weighted by atomic mass is 15.0. The molecular weight excluding hydrogens is 687 g/mol. The van der Waals surface area contributed by atoms with E-state index in [4.69, 9.17) is 29.9 Å². The minimum atomic E-state index is 0.526. The van der Waals surface area contributed by atoms with E-state index in [0.29, 0.717) is 40.5 Å². The maximum atomic E-state index is 9.39. The number of aromatic nitrogens is 6. The van der Waals surface area contributed by atoms with Gasteiger partial charge in [0.2, 0.25) is 0 Å². The first kappa shape index (κ1) is 33.9. The molecule has 7 nitrogen and oxygen atoms in total. The Morgan fingerprint density at radius 3 is 0.911 bits per heavy atom. The molecule has 0 saturated carbocycles. The van der Waals surface area contributed by atoms with Crippen molar-refractivity contribution in [2.45, 2.75) is 0 Å². The zero-order chi connectivity index (χ0) is 37.7.